The zero-order chi connectivity index (χ0) is 15.1. The van der Waals surface area contributed by atoms with Gasteiger partial charge >= 0.3 is 0 Å². The molecule has 1 aromatic heterocycles. The van der Waals surface area contributed by atoms with Gasteiger partial charge in [0, 0.05) is 15.6 Å². The average Bonchev–Trinajstić information content (AvgIpc) is 2.79. The lowest BCUT2D eigenvalue weighted by Crippen LogP contribution is -2.00. The van der Waals surface area contributed by atoms with Crippen molar-refractivity contribution in [3.8, 4) is 5.69 Å². The minimum Gasteiger partial charge on any atom is -0.294 e. The number of rotatable bonds is 2. The van der Waals surface area contributed by atoms with Gasteiger partial charge in [-0.25, -0.2) is 9.37 Å². The highest BCUT2D eigenvalue weighted by Gasteiger charge is 2.16. The second kappa shape index (κ2) is 5.88. The van der Waals surface area contributed by atoms with Gasteiger partial charge in [-0.05, 0) is 56.1 Å². The molecule has 108 valence electrons. The molecule has 3 rings (SSSR count). The van der Waals surface area contributed by atoms with Crippen LogP contribution in [0.3, 0.4) is 0 Å². The zero-order valence-electron chi connectivity index (χ0n) is 10.4. The summed E-state index contributed by atoms with van der Waals surface area (Å²) in [6.45, 7) is 0. The van der Waals surface area contributed by atoms with Crippen LogP contribution in [-0.2, 0) is 5.88 Å². The molecular formula is C14H7Br2Cl2FN2. The summed E-state index contributed by atoms with van der Waals surface area (Å²) in [6.07, 6.45) is 0. The summed E-state index contributed by atoms with van der Waals surface area (Å²) in [5.41, 5.74) is 2.06. The van der Waals surface area contributed by atoms with Crippen LogP contribution in [0.25, 0.3) is 16.7 Å². The lowest BCUT2D eigenvalue weighted by molar-refractivity contribution is 0.622. The van der Waals surface area contributed by atoms with Crippen LogP contribution >= 0.6 is 55.1 Å². The fraction of sp³-hybridized carbons (Fsp3) is 0.0714. The molecule has 0 saturated heterocycles. The van der Waals surface area contributed by atoms with E-state index in [1.807, 2.05) is 6.07 Å². The number of fused-ring (bicyclic) bond motifs is 1. The molecule has 3 aromatic rings. The standard InChI is InChI=1S/C14H7Br2Cl2FN2/c15-8-2-1-7(18)3-12(8)21-13-5-10(19)9(16)4-11(13)20-14(21)6-17/h1-5H,6H2. The van der Waals surface area contributed by atoms with E-state index in [0.717, 1.165) is 10.2 Å². The lowest BCUT2D eigenvalue weighted by atomic mass is 10.2. The third kappa shape index (κ3) is 2.72. The maximum Gasteiger partial charge on any atom is 0.139 e. The summed E-state index contributed by atoms with van der Waals surface area (Å²) in [7, 11) is 0. The summed E-state index contributed by atoms with van der Waals surface area (Å²) in [4.78, 5) is 4.45. The molecule has 1 heterocycles. The van der Waals surface area contributed by atoms with Crippen molar-refractivity contribution in [3.05, 3.63) is 55.9 Å². The highest BCUT2D eigenvalue weighted by atomic mass is 79.9. The van der Waals surface area contributed by atoms with Gasteiger partial charge in [-0.15, -0.1) is 11.6 Å². The zero-order valence-corrected chi connectivity index (χ0v) is 15.1. The van der Waals surface area contributed by atoms with Gasteiger partial charge in [0.1, 0.15) is 11.6 Å². The van der Waals surface area contributed by atoms with E-state index in [-0.39, 0.29) is 11.7 Å². The topological polar surface area (TPSA) is 17.8 Å². The quantitative estimate of drug-likeness (QED) is 0.431. The Labute approximate surface area is 147 Å². The Morgan fingerprint density at radius 1 is 1.14 bits per heavy atom. The Balaban J connectivity index is 2.40. The Bertz CT molecular complexity index is 849. The van der Waals surface area contributed by atoms with Crippen LogP contribution in [0.4, 0.5) is 4.39 Å². The lowest BCUT2D eigenvalue weighted by Gasteiger charge is -2.10. The summed E-state index contributed by atoms with van der Waals surface area (Å²) >= 11 is 18.7. The summed E-state index contributed by atoms with van der Waals surface area (Å²) in [5.74, 6) is 0.461. The first kappa shape index (κ1) is 15.3. The van der Waals surface area contributed by atoms with Crippen molar-refractivity contribution in [2.24, 2.45) is 0 Å². The summed E-state index contributed by atoms with van der Waals surface area (Å²) < 4.78 is 16.9. The molecule has 0 aliphatic heterocycles. The molecule has 0 unspecified atom stereocenters. The molecule has 0 amide bonds. The number of nitrogens with zero attached hydrogens (tertiary/aromatic N) is 2. The molecular weight excluding hydrogens is 446 g/mol. The molecule has 2 aromatic carbocycles. The van der Waals surface area contributed by atoms with Gasteiger partial charge < -0.3 is 0 Å². The number of alkyl halides is 1. The predicted octanol–water partition coefficient (Wildman–Crippen LogP) is 6.08. The first-order valence-electron chi connectivity index (χ1n) is 5.89. The smallest absolute Gasteiger partial charge is 0.139 e. The van der Waals surface area contributed by atoms with E-state index in [1.165, 1.54) is 6.07 Å². The molecule has 0 fully saturated rings. The number of halogens is 5. The minimum atomic E-state index is -0.358. The van der Waals surface area contributed by atoms with Gasteiger partial charge in [-0.3, -0.25) is 4.57 Å². The second-order valence-corrected chi connectivity index (χ2v) is 6.76. The van der Waals surface area contributed by atoms with Crippen molar-refractivity contribution in [2.45, 2.75) is 5.88 Å². The summed E-state index contributed by atoms with van der Waals surface area (Å²) in [5, 5.41) is 0.577. The van der Waals surface area contributed by atoms with Crippen molar-refractivity contribution in [1.82, 2.24) is 9.55 Å². The monoisotopic (exact) mass is 450 g/mol. The molecule has 0 radical (unpaired) electrons. The molecule has 7 heteroatoms. The Morgan fingerprint density at radius 3 is 2.62 bits per heavy atom. The van der Waals surface area contributed by atoms with Crippen molar-refractivity contribution >= 4 is 66.1 Å². The van der Waals surface area contributed by atoms with E-state index in [0.29, 0.717) is 26.4 Å². The Hall–Kier alpha value is -0.620. The van der Waals surface area contributed by atoms with Crippen LogP contribution in [0.1, 0.15) is 5.82 Å². The molecule has 0 N–H and O–H groups in total. The maximum absolute atomic E-state index is 13.9. The molecule has 21 heavy (non-hydrogen) atoms. The van der Waals surface area contributed by atoms with Crippen LogP contribution in [0.2, 0.25) is 5.02 Å². The number of imidazole rings is 1. The van der Waals surface area contributed by atoms with Gasteiger partial charge in [0.05, 0.1) is 27.1 Å². The predicted molar refractivity (Wildman–Crippen MR) is 91.0 cm³/mol. The number of hydrogen-bond donors (Lipinski definition) is 0. The van der Waals surface area contributed by atoms with Crippen molar-refractivity contribution in [1.29, 1.82) is 0 Å². The first-order chi connectivity index (χ1) is 10.0. The van der Waals surface area contributed by atoms with Gasteiger partial charge in [0.15, 0.2) is 0 Å². The maximum atomic E-state index is 13.9. The molecule has 0 atom stereocenters. The van der Waals surface area contributed by atoms with E-state index < -0.39 is 0 Å². The number of hydrogen-bond acceptors (Lipinski definition) is 1. The van der Waals surface area contributed by atoms with Crippen molar-refractivity contribution < 1.29 is 4.39 Å². The summed E-state index contributed by atoms with van der Waals surface area (Å²) in [6, 6.07) is 8.44. The van der Waals surface area contributed by atoms with Gasteiger partial charge in [0.2, 0.25) is 0 Å². The fourth-order valence-electron chi connectivity index (χ4n) is 2.14. The fourth-order valence-corrected chi connectivity index (χ4v) is 3.24. The molecule has 0 spiro atoms. The van der Waals surface area contributed by atoms with Gasteiger partial charge in [0.25, 0.3) is 0 Å². The van der Waals surface area contributed by atoms with E-state index in [2.05, 4.69) is 36.8 Å². The Morgan fingerprint density at radius 2 is 1.90 bits per heavy atom. The third-order valence-electron chi connectivity index (χ3n) is 3.03. The number of benzene rings is 2. The highest BCUT2D eigenvalue weighted by molar-refractivity contribution is 9.10. The van der Waals surface area contributed by atoms with Gasteiger partial charge in [-0.1, -0.05) is 11.6 Å². The van der Waals surface area contributed by atoms with Gasteiger partial charge in [-0.2, -0.15) is 0 Å². The average molecular weight is 453 g/mol. The number of aromatic nitrogens is 2. The van der Waals surface area contributed by atoms with Crippen molar-refractivity contribution in [3.63, 3.8) is 0 Å². The van der Waals surface area contributed by atoms with Crippen LogP contribution in [-0.4, -0.2) is 9.55 Å². The van der Waals surface area contributed by atoms with E-state index in [1.54, 1.807) is 22.8 Å². The molecule has 0 aliphatic carbocycles. The molecule has 0 bridgehead atoms. The van der Waals surface area contributed by atoms with Crippen LogP contribution in [0.15, 0.2) is 39.3 Å². The third-order valence-corrected chi connectivity index (χ3v) is 4.79. The SMILES string of the molecule is Fc1cc2c(cc1Br)nc(CCl)n2-c1cc(Cl)ccc1Br. The highest BCUT2D eigenvalue weighted by Crippen LogP contribution is 2.32. The largest absolute Gasteiger partial charge is 0.294 e. The minimum absolute atomic E-state index is 0.201. The second-order valence-electron chi connectivity index (χ2n) is 4.35. The van der Waals surface area contributed by atoms with Crippen molar-refractivity contribution in [2.75, 3.05) is 0 Å². The van der Waals surface area contributed by atoms with Crippen LogP contribution in [0.5, 0.6) is 0 Å². The first-order valence-corrected chi connectivity index (χ1v) is 8.39. The van der Waals surface area contributed by atoms with Crippen LogP contribution < -0.4 is 0 Å². The molecule has 2 nitrogen and oxygen atoms in total. The normalized spacial score (nSPS) is 11.3. The molecule has 0 aliphatic rings. The molecule has 0 saturated carbocycles. The van der Waals surface area contributed by atoms with E-state index in [9.17, 15) is 4.39 Å². The van der Waals surface area contributed by atoms with Crippen LogP contribution in [0, 0.1) is 5.82 Å². The van der Waals surface area contributed by atoms with E-state index >= 15 is 0 Å². The Kier molecular flexibility index (Phi) is 4.28. The van der Waals surface area contributed by atoms with E-state index in [4.69, 9.17) is 23.2 Å².